The van der Waals surface area contributed by atoms with E-state index >= 15 is 0 Å². The predicted molar refractivity (Wildman–Crippen MR) is 99.9 cm³/mol. The van der Waals surface area contributed by atoms with Crippen LogP contribution in [0.4, 0.5) is 0 Å². The Morgan fingerprint density at radius 3 is 2.89 bits per heavy atom. The lowest BCUT2D eigenvalue weighted by Crippen LogP contribution is -2.37. The predicted octanol–water partition coefficient (Wildman–Crippen LogP) is 2.85. The summed E-state index contributed by atoms with van der Waals surface area (Å²) in [6.07, 6.45) is 8.02. The monoisotopic (exact) mass is 372 g/mol. The zero-order valence-electron chi connectivity index (χ0n) is 16.2. The average molecular weight is 372 g/mol. The number of carbonyl (C=O) groups is 1. The summed E-state index contributed by atoms with van der Waals surface area (Å²) >= 11 is 0. The number of aryl methyl sites for hydroxylation is 2. The van der Waals surface area contributed by atoms with Crippen molar-refractivity contribution in [1.29, 1.82) is 0 Å². The Morgan fingerprint density at radius 2 is 2.11 bits per heavy atom. The van der Waals surface area contributed by atoms with Crippen molar-refractivity contribution < 1.29 is 14.4 Å². The van der Waals surface area contributed by atoms with E-state index in [1.165, 1.54) is 18.4 Å². The van der Waals surface area contributed by atoms with Crippen molar-refractivity contribution >= 4 is 5.97 Å². The molecule has 0 unspecified atom stereocenters. The second kappa shape index (κ2) is 7.46. The summed E-state index contributed by atoms with van der Waals surface area (Å²) in [5.74, 6) is 0.138. The van der Waals surface area contributed by atoms with E-state index in [-0.39, 0.29) is 5.69 Å². The third kappa shape index (κ3) is 3.40. The average Bonchev–Trinajstić information content (AvgIpc) is 3.24. The normalized spacial score (nSPS) is 19.1. The molecular weight excluding hydrogens is 344 g/mol. The molecule has 27 heavy (non-hydrogen) atoms. The fraction of sp³-hybridized carbons (Fsp3) is 0.650. The standard InChI is InChI=1S/C20H28N4O3/c1-3-10-24-17-9-8-13(11-15(17)19(21-24)20(25)26)23(2)12-16-14-6-4-5-7-18(14)27-22-16/h13H,3-12H2,1-2H3,(H,25,26)/t13-/m0/s1. The first-order valence-corrected chi connectivity index (χ1v) is 10.1. The molecule has 1 atom stereocenters. The van der Waals surface area contributed by atoms with Crippen LogP contribution in [0.5, 0.6) is 0 Å². The highest BCUT2D eigenvalue weighted by atomic mass is 16.5. The number of fused-ring (bicyclic) bond motifs is 2. The lowest BCUT2D eigenvalue weighted by atomic mass is 9.90. The molecule has 4 rings (SSSR count). The number of carboxylic acid groups (broad SMARTS) is 1. The highest BCUT2D eigenvalue weighted by Gasteiger charge is 2.31. The minimum absolute atomic E-state index is 0.232. The summed E-state index contributed by atoms with van der Waals surface area (Å²) in [6, 6.07) is 0.297. The largest absolute Gasteiger partial charge is 0.476 e. The van der Waals surface area contributed by atoms with Gasteiger partial charge in [0, 0.05) is 42.4 Å². The number of nitrogens with zero attached hydrogens (tertiary/aromatic N) is 4. The summed E-state index contributed by atoms with van der Waals surface area (Å²) < 4.78 is 7.45. The van der Waals surface area contributed by atoms with E-state index in [9.17, 15) is 9.90 Å². The first-order valence-electron chi connectivity index (χ1n) is 10.1. The van der Waals surface area contributed by atoms with Crippen molar-refractivity contribution in [1.82, 2.24) is 19.8 Å². The van der Waals surface area contributed by atoms with E-state index in [0.717, 1.165) is 74.3 Å². The molecule has 0 bridgehead atoms. The van der Waals surface area contributed by atoms with Gasteiger partial charge in [-0.15, -0.1) is 0 Å². The SMILES string of the molecule is CCCn1nc(C(=O)O)c2c1CC[C@H](N(C)Cc1noc3c1CCCC3)C2. The molecule has 0 spiro atoms. The summed E-state index contributed by atoms with van der Waals surface area (Å²) in [6.45, 7) is 3.62. The van der Waals surface area contributed by atoms with Crippen molar-refractivity contribution in [2.75, 3.05) is 7.05 Å². The van der Waals surface area contributed by atoms with Crippen LogP contribution in [0.15, 0.2) is 4.52 Å². The molecule has 0 fully saturated rings. The Balaban J connectivity index is 1.52. The molecule has 1 N–H and O–H groups in total. The fourth-order valence-electron chi connectivity index (χ4n) is 4.55. The van der Waals surface area contributed by atoms with E-state index < -0.39 is 5.97 Å². The Hall–Kier alpha value is -2.15. The van der Waals surface area contributed by atoms with Crippen molar-refractivity contribution in [2.24, 2.45) is 0 Å². The lowest BCUT2D eigenvalue weighted by Gasteiger charge is -2.31. The maximum atomic E-state index is 11.7. The number of hydrogen-bond donors (Lipinski definition) is 1. The van der Waals surface area contributed by atoms with Gasteiger partial charge in [0.05, 0.1) is 0 Å². The van der Waals surface area contributed by atoms with E-state index in [2.05, 4.69) is 29.1 Å². The Labute approximate surface area is 159 Å². The molecular formula is C20H28N4O3. The molecule has 2 aliphatic rings. The van der Waals surface area contributed by atoms with Crippen LogP contribution in [0, 0.1) is 0 Å². The second-order valence-corrected chi connectivity index (χ2v) is 7.85. The van der Waals surface area contributed by atoms with Gasteiger partial charge >= 0.3 is 5.97 Å². The van der Waals surface area contributed by atoms with Crippen molar-refractivity contribution in [3.05, 3.63) is 34.0 Å². The quantitative estimate of drug-likeness (QED) is 0.839. The van der Waals surface area contributed by atoms with Crippen LogP contribution in [-0.4, -0.2) is 44.0 Å². The van der Waals surface area contributed by atoms with Gasteiger partial charge in [0.1, 0.15) is 11.5 Å². The number of aromatic carboxylic acids is 1. The first kappa shape index (κ1) is 18.2. The van der Waals surface area contributed by atoms with Crippen LogP contribution in [0.2, 0.25) is 0 Å². The molecule has 0 aromatic carbocycles. The molecule has 7 heteroatoms. The van der Waals surface area contributed by atoms with Gasteiger partial charge in [-0.2, -0.15) is 5.10 Å². The van der Waals surface area contributed by atoms with Gasteiger partial charge in [0.15, 0.2) is 5.69 Å². The van der Waals surface area contributed by atoms with Crippen molar-refractivity contribution in [2.45, 2.75) is 77.4 Å². The summed E-state index contributed by atoms with van der Waals surface area (Å²) in [5.41, 5.74) is 4.61. The summed E-state index contributed by atoms with van der Waals surface area (Å²) in [7, 11) is 2.11. The molecule has 0 amide bonds. The molecule has 146 valence electrons. The fourth-order valence-corrected chi connectivity index (χ4v) is 4.55. The third-order valence-electron chi connectivity index (χ3n) is 6.01. The van der Waals surface area contributed by atoms with Crippen LogP contribution < -0.4 is 0 Å². The minimum Gasteiger partial charge on any atom is -0.476 e. The van der Waals surface area contributed by atoms with Crippen LogP contribution in [0.3, 0.4) is 0 Å². The minimum atomic E-state index is -0.921. The zero-order valence-corrected chi connectivity index (χ0v) is 16.2. The molecule has 0 saturated carbocycles. The second-order valence-electron chi connectivity index (χ2n) is 7.85. The van der Waals surface area contributed by atoms with E-state index in [4.69, 9.17) is 4.52 Å². The van der Waals surface area contributed by atoms with E-state index in [0.29, 0.717) is 6.04 Å². The smallest absolute Gasteiger partial charge is 0.356 e. The third-order valence-corrected chi connectivity index (χ3v) is 6.01. The lowest BCUT2D eigenvalue weighted by molar-refractivity contribution is 0.0687. The first-order chi connectivity index (χ1) is 13.1. The molecule has 0 aliphatic heterocycles. The molecule has 2 heterocycles. The number of hydrogen-bond acceptors (Lipinski definition) is 5. The Bertz CT molecular complexity index is 839. The van der Waals surface area contributed by atoms with Crippen molar-refractivity contribution in [3.63, 3.8) is 0 Å². The highest BCUT2D eigenvalue weighted by Crippen LogP contribution is 2.30. The van der Waals surface area contributed by atoms with Gasteiger partial charge in [-0.3, -0.25) is 9.58 Å². The van der Waals surface area contributed by atoms with E-state index in [1.54, 1.807) is 0 Å². The maximum Gasteiger partial charge on any atom is 0.356 e. The molecule has 0 radical (unpaired) electrons. The number of aromatic nitrogens is 3. The van der Waals surface area contributed by atoms with Crippen LogP contribution >= 0.6 is 0 Å². The van der Waals surface area contributed by atoms with Gasteiger partial charge in [-0.05, 0) is 52.0 Å². The maximum absolute atomic E-state index is 11.7. The van der Waals surface area contributed by atoms with Crippen LogP contribution in [-0.2, 0) is 38.8 Å². The zero-order chi connectivity index (χ0) is 19.0. The Kier molecular flexibility index (Phi) is 5.04. The van der Waals surface area contributed by atoms with Gasteiger partial charge in [0.2, 0.25) is 0 Å². The molecule has 7 nitrogen and oxygen atoms in total. The van der Waals surface area contributed by atoms with Gasteiger partial charge in [-0.1, -0.05) is 12.1 Å². The summed E-state index contributed by atoms with van der Waals surface area (Å²) in [5, 5.41) is 18.3. The van der Waals surface area contributed by atoms with E-state index in [1.807, 2.05) is 4.68 Å². The van der Waals surface area contributed by atoms with Crippen LogP contribution in [0.25, 0.3) is 0 Å². The molecule has 2 aliphatic carbocycles. The van der Waals surface area contributed by atoms with Gasteiger partial charge in [0.25, 0.3) is 0 Å². The number of likely N-dealkylation sites (N-methyl/N-ethyl adjacent to an activating group) is 1. The van der Waals surface area contributed by atoms with Gasteiger partial charge < -0.3 is 9.63 Å². The van der Waals surface area contributed by atoms with Crippen LogP contribution in [0.1, 0.15) is 71.4 Å². The molecule has 0 saturated heterocycles. The number of rotatable bonds is 6. The molecule has 2 aromatic heterocycles. The summed E-state index contributed by atoms with van der Waals surface area (Å²) in [4.78, 5) is 14.0. The number of carboxylic acids is 1. The Morgan fingerprint density at radius 1 is 1.30 bits per heavy atom. The topological polar surface area (TPSA) is 84.4 Å². The van der Waals surface area contributed by atoms with Gasteiger partial charge in [-0.25, -0.2) is 4.79 Å². The highest BCUT2D eigenvalue weighted by molar-refractivity contribution is 5.87. The van der Waals surface area contributed by atoms with Crippen molar-refractivity contribution in [3.8, 4) is 0 Å². The molecule has 2 aromatic rings.